The molecule has 0 saturated carbocycles. The van der Waals surface area contributed by atoms with E-state index in [0.717, 1.165) is 22.5 Å². The number of benzene rings is 2. The Morgan fingerprint density at radius 2 is 1.92 bits per heavy atom. The molecular formula is C20H22N2OS. The number of hydrogen-bond acceptors (Lipinski definition) is 3. The van der Waals surface area contributed by atoms with Crippen LogP contribution in [0.1, 0.15) is 41.9 Å². The van der Waals surface area contributed by atoms with Crippen LogP contribution in [0.25, 0.3) is 10.2 Å². The lowest BCUT2D eigenvalue weighted by atomic mass is 10.0. The van der Waals surface area contributed by atoms with Crippen LogP contribution in [-0.2, 0) is 11.2 Å². The molecule has 0 aliphatic rings. The van der Waals surface area contributed by atoms with Crippen LogP contribution < -0.4 is 5.32 Å². The van der Waals surface area contributed by atoms with Crippen molar-refractivity contribution in [2.75, 3.05) is 0 Å². The van der Waals surface area contributed by atoms with Crippen molar-refractivity contribution in [1.29, 1.82) is 0 Å². The van der Waals surface area contributed by atoms with Crippen molar-refractivity contribution >= 4 is 27.5 Å². The van der Waals surface area contributed by atoms with Crippen molar-refractivity contribution in [3.63, 3.8) is 0 Å². The van der Waals surface area contributed by atoms with E-state index in [9.17, 15) is 4.79 Å². The number of carbonyl (C=O) groups is 1. The largest absolute Gasteiger partial charge is 0.349 e. The van der Waals surface area contributed by atoms with E-state index in [1.807, 2.05) is 18.2 Å². The van der Waals surface area contributed by atoms with E-state index in [1.165, 1.54) is 10.3 Å². The first-order valence-corrected chi connectivity index (χ1v) is 9.17. The summed E-state index contributed by atoms with van der Waals surface area (Å²) in [6.45, 7) is 4.17. The maximum absolute atomic E-state index is 12.3. The first-order chi connectivity index (χ1) is 11.7. The number of nitrogens with one attached hydrogen (secondary N) is 1. The van der Waals surface area contributed by atoms with Crippen molar-refractivity contribution in [2.45, 2.75) is 39.2 Å². The van der Waals surface area contributed by atoms with Crippen molar-refractivity contribution < 1.29 is 4.79 Å². The smallest absolute Gasteiger partial charge is 0.220 e. The molecule has 1 atom stereocenters. The number of para-hydroxylation sites is 1. The van der Waals surface area contributed by atoms with E-state index < -0.39 is 0 Å². The van der Waals surface area contributed by atoms with Crippen LogP contribution in [0.5, 0.6) is 0 Å². The number of amides is 1. The zero-order chi connectivity index (χ0) is 16.9. The number of aromatic nitrogens is 1. The number of nitrogens with zero attached hydrogens (tertiary/aromatic N) is 1. The Bertz CT molecular complexity index is 790. The number of thiazole rings is 1. The molecule has 3 nitrogen and oxygen atoms in total. The molecule has 0 radical (unpaired) electrons. The molecule has 4 heteroatoms. The lowest BCUT2D eigenvalue weighted by molar-refractivity contribution is -0.121. The number of hydrogen-bond donors (Lipinski definition) is 1. The van der Waals surface area contributed by atoms with Gasteiger partial charge in [0.05, 0.1) is 21.3 Å². The topological polar surface area (TPSA) is 42.0 Å². The van der Waals surface area contributed by atoms with E-state index in [2.05, 4.69) is 54.5 Å². The second-order valence-corrected chi connectivity index (χ2v) is 7.13. The van der Waals surface area contributed by atoms with Gasteiger partial charge in [0.25, 0.3) is 0 Å². The van der Waals surface area contributed by atoms with Gasteiger partial charge in [-0.05, 0) is 31.0 Å². The first kappa shape index (κ1) is 16.7. The maximum Gasteiger partial charge on any atom is 0.220 e. The van der Waals surface area contributed by atoms with Gasteiger partial charge in [0.1, 0.15) is 0 Å². The van der Waals surface area contributed by atoms with E-state index in [4.69, 9.17) is 0 Å². The molecule has 0 fully saturated rings. The molecule has 0 bridgehead atoms. The molecule has 2 aromatic carbocycles. The van der Waals surface area contributed by atoms with Crippen LogP contribution >= 0.6 is 11.3 Å². The fourth-order valence-electron chi connectivity index (χ4n) is 2.73. The maximum atomic E-state index is 12.3. The van der Waals surface area contributed by atoms with Crippen LogP contribution in [-0.4, -0.2) is 10.9 Å². The Balaban J connectivity index is 1.58. The molecule has 1 aromatic heterocycles. The van der Waals surface area contributed by atoms with Gasteiger partial charge in [-0.25, -0.2) is 4.98 Å². The van der Waals surface area contributed by atoms with Gasteiger partial charge in [0, 0.05) is 12.8 Å². The van der Waals surface area contributed by atoms with E-state index in [0.29, 0.717) is 12.8 Å². The van der Waals surface area contributed by atoms with Gasteiger partial charge in [-0.2, -0.15) is 0 Å². The summed E-state index contributed by atoms with van der Waals surface area (Å²) in [5, 5.41) is 4.17. The highest BCUT2D eigenvalue weighted by molar-refractivity contribution is 7.18. The summed E-state index contributed by atoms with van der Waals surface area (Å²) in [7, 11) is 0. The quantitative estimate of drug-likeness (QED) is 0.701. The zero-order valence-electron chi connectivity index (χ0n) is 14.1. The Labute approximate surface area is 146 Å². The predicted octanol–water partition coefficient (Wildman–Crippen LogP) is 4.80. The van der Waals surface area contributed by atoms with Gasteiger partial charge < -0.3 is 5.32 Å². The highest BCUT2D eigenvalue weighted by atomic mass is 32.1. The molecule has 1 N–H and O–H groups in total. The molecule has 1 amide bonds. The zero-order valence-corrected chi connectivity index (χ0v) is 14.9. The Kier molecular flexibility index (Phi) is 5.26. The fraction of sp³-hybridized carbons (Fsp3) is 0.300. The van der Waals surface area contributed by atoms with Crippen molar-refractivity contribution in [3.05, 3.63) is 64.7 Å². The standard InChI is InChI=1S/C20H22N2OS/c1-3-16(15-10-8-14(2)9-11-15)21-19(23)12-13-20-22-17-6-4-5-7-18(17)24-20/h4-11,16H,3,12-13H2,1-2H3,(H,21,23)/t16-/m1/s1. The van der Waals surface area contributed by atoms with E-state index in [1.54, 1.807) is 11.3 Å². The summed E-state index contributed by atoms with van der Waals surface area (Å²) in [5.74, 6) is 0.0849. The molecular weight excluding hydrogens is 316 g/mol. The minimum atomic E-state index is 0.0773. The number of carbonyl (C=O) groups excluding carboxylic acids is 1. The van der Waals surface area contributed by atoms with Gasteiger partial charge in [-0.3, -0.25) is 4.79 Å². The molecule has 0 unspecified atom stereocenters. The Morgan fingerprint density at radius 1 is 1.17 bits per heavy atom. The summed E-state index contributed by atoms with van der Waals surface area (Å²) in [5.41, 5.74) is 3.41. The van der Waals surface area contributed by atoms with Crippen LogP contribution in [0.15, 0.2) is 48.5 Å². The van der Waals surface area contributed by atoms with Crippen molar-refractivity contribution in [2.24, 2.45) is 0 Å². The lowest BCUT2D eigenvalue weighted by Crippen LogP contribution is -2.28. The predicted molar refractivity (Wildman–Crippen MR) is 100 cm³/mol. The summed E-state index contributed by atoms with van der Waals surface area (Å²) in [6.07, 6.45) is 2.05. The number of rotatable bonds is 6. The third-order valence-electron chi connectivity index (χ3n) is 4.13. The summed E-state index contributed by atoms with van der Waals surface area (Å²) in [6, 6.07) is 16.5. The monoisotopic (exact) mass is 338 g/mol. The SMILES string of the molecule is CC[C@@H](NC(=O)CCc1nc2ccccc2s1)c1ccc(C)cc1. The van der Waals surface area contributed by atoms with Crippen LogP contribution in [0.2, 0.25) is 0 Å². The minimum Gasteiger partial charge on any atom is -0.349 e. The highest BCUT2D eigenvalue weighted by Gasteiger charge is 2.13. The molecule has 124 valence electrons. The average Bonchev–Trinajstić information content (AvgIpc) is 3.02. The van der Waals surface area contributed by atoms with Crippen LogP contribution in [0.4, 0.5) is 0 Å². The van der Waals surface area contributed by atoms with E-state index in [-0.39, 0.29) is 11.9 Å². The molecule has 3 rings (SSSR count). The first-order valence-electron chi connectivity index (χ1n) is 8.36. The molecule has 0 spiro atoms. The molecule has 24 heavy (non-hydrogen) atoms. The summed E-state index contributed by atoms with van der Waals surface area (Å²) < 4.78 is 1.18. The van der Waals surface area contributed by atoms with Gasteiger partial charge in [-0.1, -0.05) is 48.9 Å². The molecule has 3 aromatic rings. The number of fused-ring (bicyclic) bond motifs is 1. The molecule has 0 saturated heterocycles. The lowest BCUT2D eigenvalue weighted by Gasteiger charge is -2.17. The van der Waals surface area contributed by atoms with Crippen LogP contribution in [0, 0.1) is 6.92 Å². The van der Waals surface area contributed by atoms with Gasteiger partial charge >= 0.3 is 0 Å². The fourth-order valence-corrected chi connectivity index (χ4v) is 3.70. The Hall–Kier alpha value is -2.20. The second kappa shape index (κ2) is 7.58. The average molecular weight is 338 g/mol. The third kappa shape index (κ3) is 4.01. The molecule has 1 heterocycles. The second-order valence-electron chi connectivity index (χ2n) is 6.01. The molecule has 0 aliphatic heterocycles. The van der Waals surface area contributed by atoms with Gasteiger partial charge in [-0.15, -0.1) is 11.3 Å². The molecule has 0 aliphatic carbocycles. The normalized spacial score (nSPS) is 12.2. The third-order valence-corrected chi connectivity index (χ3v) is 5.22. The highest BCUT2D eigenvalue weighted by Crippen LogP contribution is 2.23. The van der Waals surface area contributed by atoms with Crippen LogP contribution in [0.3, 0.4) is 0 Å². The van der Waals surface area contributed by atoms with Crippen molar-refractivity contribution in [3.8, 4) is 0 Å². The van der Waals surface area contributed by atoms with Crippen molar-refractivity contribution in [1.82, 2.24) is 10.3 Å². The van der Waals surface area contributed by atoms with E-state index >= 15 is 0 Å². The van der Waals surface area contributed by atoms with Gasteiger partial charge in [0.2, 0.25) is 5.91 Å². The summed E-state index contributed by atoms with van der Waals surface area (Å²) in [4.78, 5) is 16.9. The minimum absolute atomic E-state index is 0.0773. The number of aryl methyl sites for hydroxylation is 2. The Morgan fingerprint density at radius 3 is 2.62 bits per heavy atom. The van der Waals surface area contributed by atoms with Gasteiger partial charge in [0.15, 0.2) is 0 Å². The summed E-state index contributed by atoms with van der Waals surface area (Å²) >= 11 is 1.67.